The maximum absolute atomic E-state index is 13.7. The molecule has 0 unspecified atom stereocenters. The molecule has 0 aliphatic carbocycles. The summed E-state index contributed by atoms with van der Waals surface area (Å²) in [6, 6.07) is 0. The molecular weight excluding hydrogens is 981 g/mol. The van der Waals surface area contributed by atoms with Crippen LogP contribution in [0.25, 0.3) is 0 Å². The first-order chi connectivity index (χ1) is 38.1. The van der Waals surface area contributed by atoms with Gasteiger partial charge in [0.2, 0.25) is 0 Å². The second-order valence-electron chi connectivity index (χ2n) is 23.0. The summed E-state index contributed by atoms with van der Waals surface area (Å²) in [6.07, 6.45) is 39.4. The zero-order valence-corrected chi connectivity index (χ0v) is 52.4. The predicted octanol–water partition coefficient (Wildman–Crippen LogP) is 16.4. The highest BCUT2D eigenvalue weighted by Crippen LogP contribution is 2.21. The van der Waals surface area contributed by atoms with Gasteiger partial charge in [0, 0.05) is 71.8 Å². The molecule has 0 radical (unpaired) electrons. The van der Waals surface area contributed by atoms with Gasteiger partial charge in [-0.15, -0.1) is 0 Å². The number of hydrogen-bond donors (Lipinski definition) is 1. The molecule has 13 nitrogen and oxygen atoms in total. The smallest absolute Gasteiger partial charge is 0.409 e. The summed E-state index contributed by atoms with van der Waals surface area (Å²) in [5.41, 5.74) is 0. The van der Waals surface area contributed by atoms with Crippen LogP contribution in [0.2, 0.25) is 0 Å². The molecule has 0 bridgehead atoms. The fourth-order valence-electron chi connectivity index (χ4n) is 10.1. The number of rotatable bonds is 59. The quantitative estimate of drug-likeness (QED) is 0.0354. The summed E-state index contributed by atoms with van der Waals surface area (Å²) in [4.78, 5) is 61.2. The molecule has 0 rings (SSSR count). The highest BCUT2D eigenvalue weighted by Gasteiger charge is 2.20. The summed E-state index contributed by atoms with van der Waals surface area (Å²) in [7, 11) is 2.09. The largest absolute Gasteiger partial charge is 0.465 e. The Morgan fingerprint density at radius 1 is 0.346 bits per heavy atom. The van der Waals surface area contributed by atoms with Gasteiger partial charge in [0.15, 0.2) is 0 Å². The number of hydrogen-bond acceptors (Lipinski definition) is 11. The van der Waals surface area contributed by atoms with Crippen LogP contribution in [0.1, 0.15) is 286 Å². The summed E-state index contributed by atoms with van der Waals surface area (Å²) in [5.74, 6) is 0.704. The van der Waals surface area contributed by atoms with Crippen LogP contribution in [0.5, 0.6) is 0 Å². The van der Waals surface area contributed by atoms with E-state index in [4.69, 9.17) is 18.9 Å². The van der Waals surface area contributed by atoms with E-state index in [0.717, 1.165) is 122 Å². The lowest BCUT2D eigenvalue weighted by Crippen LogP contribution is -2.40. The third kappa shape index (κ3) is 48.1. The van der Waals surface area contributed by atoms with Crippen molar-refractivity contribution in [2.24, 2.45) is 11.8 Å². The molecule has 13 heteroatoms. The maximum Gasteiger partial charge on any atom is 0.409 e. The van der Waals surface area contributed by atoms with E-state index in [1.165, 1.54) is 128 Å². The lowest BCUT2D eigenvalue weighted by molar-refractivity contribution is -0.146. The van der Waals surface area contributed by atoms with Crippen molar-refractivity contribution in [3.8, 4) is 0 Å². The van der Waals surface area contributed by atoms with Crippen LogP contribution in [-0.2, 0) is 28.5 Å². The molecule has 0 spiro atoms. The standard InChI is InChI=1S/C65H128N4O9/c1-8-14-20-22-24-34-47-68(49-36-26-32-44-62(71)77-58-60(40-28-16-10-3)41-29-17-11-4)64(73)75-56-53-67(52-51-66(7)46-38-39-55-70)54-57-76-65(74)69(48-35-25-23-21-15-9-2)50-37-27-33-45-63(72)78-59-61(42-30-18-12-5)43-31-19-13-6/h60-61,70H,8-59H2,1-7H3. The van der Waals surface area contributed by atoms with Gasteiger partial charge in [-0.05, 0) is 102 Å². The van der Waals surface area contributed by atoms with Gasteiger partial charge in [0.05, 0.1) is 13.2 Å². The lowest BCUT2D eigenvalue weighted by atomic mass is 9.96. The van der Waals surface area contributed by atoms with Gasteiger partial charge in [-0.25, -0.2) is 9.59 Å². The SMILES string of the molecule is CCCCCCCCN(CCCCCC(=O)OCC(CCCCC)CCCCC)C(=O)OCCN(CCOC(=O)N(CCCCCCCC)CCCCCC(=O)OCC(CCCCC)CCCCC)CCN(C)CCCCO. The third-order valence-electron chi connectivity index (χ3n) is 15.5. The first kappa shape index (κ1) is 75.4. The van der Waals surface area contributed by atoms with Crippen LogP contribution in [0, 0.1) is 11.8 Å². The Labute approximate surface area is 481 Å². The van der Waals surface area contributed by atoms with Crippen molar-refractivity contribution < 1.29 is 43.2 Å². The van der Waals surface area contributed by atoms with E-state index >= 15 is 0 Å². The summed E-state index contributed by atoms with van der Waals surface area (Å²) in [5, 5.41) is 9.35. The zero-order chi connectivity index (χ0) is 57.4. The molecular formula is C65H128N4O9. The van der Waals surface area contributed by atoms with Crippen LogP contribution in [0.15, 0.2) is 0 Å². The van der Waals surface area contributed by atoms with Crippen molar-refractivity contribution in [3.63, 3.8) is 0 Å². The van der Waals surface area contributed by atoms with Gasteiger partial charge in [0.25, 0.3) is 0 Å². The van der Waals surface area contributed by atoms with E-state index in [9.17, 15) is 24.3 Å². The molecule has 78 heavy (non-hydrogen) atoms. The molecule has 462 valence electrons. The number of carbonyl (C=O) groups is 4. The predicted molar refractivity (Wildman–Crippen MR) is 325 cm³/mol. The number of likely N-dealkylation sites (N-methyl/N-ethyl adjacent to an activating group) is 1. The molecule has 0 saturated heterocycles. The van der Waals surface area contributed by atoms with Crippen LogP contribution in [-0.4, -0.2) is 148 Å². The zero-order valence-electron chi connectivity index (χ0n) is 52.4. The van der Waals surface area contributed by atoms with E-state index in [0.29, 0.717) is 77.2 Å². The molecule has 0 aromatic heterocycles. The Bertz CT molecular complexity index is 1230. The van der Waals surface area contributed by atoms with Crippen molar-refractivity contribution in [1.82, 2.24) is 19.6 Å². The fourth-order valence-corrected chi connectivity index (χ4v) is 10.1. The molecule has 0 heterocycles. The average molecular weight is 1110 g/mol. The van der Waals surface area contributed by atoms with Crippen LogP contribution in [0.4, 0.5) is 9.59 Å². The van der Waals surface area contributed by atoms with Crippen molar-refractivity contribution in [2.75, 3.05) is 99.0 Å². The Kier molecular flexibility index (Phi) is 55.6. The van der Waals surface area contributed by atoms with Crippen LogP contribution in [0.3, 0.4) is 0 Å². The minimum Gasteiger partial charge on any atom is -0.465 e. The van der Waals surface area contributed by atoms with E-state index in [2.05, 4.69) is 58.4 Å². The monoisotopic (exact) mass is 1110 g/mol. The van der Waals surface area contributed by atoms with E-state index < -0.39 is 0 Å². The highest BCUT2D eigenvalue weighted by molar-refractivity contribution is 5.70. The number of amides is 2. The molecule has 0 aromatic carbocycles. The first-order valence-electron chi connectivity index (χ1n) is 33.2. The Morgan fingerprint density at radius 3 is 1.03 bits per heavy atom. The minimum atomic E-state index is -0.292. The van der Waals surface area contributed by atoms with Crippen molar-refractivity contribution >= 4 is 24.1 Å². The first-order valence-corrected chi connectivity index (χ1v) is 33.2. The number of aliphatic hydroxyl groups excluding tert-OH is 1. The molecule has 0 aliphatic rings. The van der Waals surface area contributed by atoms with Gasteiger partial charge in [0.1, 0.15) is 13.2 Å². The molecule has 2 amide bonds. The van der Waals surface area contributed by atoms with Crippen molar-refractivity contribution in [1.29, 1.82) is 0 Å². The van der Waals surface area contributed by atoms with E-state index in [1.54, 1.807) is 0 Å². The number of unbranched alkanes of at least 4 members (excludes halogenated alkanes) is 23. The van der Waals surface area contributed by atoms with Crippen LogP contribution < -0.4 is 0 Å². The number of esters is 2. The van der Waals surface area contributed by atoms with Gasteiger partial charge in [-0.2, -0.15) is 0 Å². The lowest BCUT2D eigenvalue weighted by Gasteiger charge is -2.27. The molecule has 0 aliphatic heterocycles. The van der Waals surface area contributed by atoms with Gasteiger partial charge < -0.3 is 38.8 Å². The number of ether oxygens (including phenoxy) is 4. The number of nitrogens with zero attached hydrogens (tertiary/aromatic N) is 4. The second kappa shape index (κ2) is 57.6. The van der Waals surface area contributed by atoms with E-state index in [-0.39, 0.29) is 43.9 Å². The minimum absolute atomic E-state index is 0.105. The average Bonchev–Trinajstić information content (AvgIpc) is 3.43. The fraction of sp³-hybridized carbons (Fsp3) is 0.938. The molecule has 0 aromatic rings. The Balaban J connectivity index is 5.52. The number of aliphatic hydroxyl groups is 1. The maximum atomic E-state index is 13.7. The Morgan fingerprint density at radius 2 is 0.667 bits per heavy atom. The normalized spacial score (nSPS) is 11.6. The van der Waals surface area contributed by atoms with Crippen molar-refractivity contribution in [3.05, 3.63) is 0 Å². The highest BCUT2D eigenvalue weighted by atomic mass is 16.6. The molecule has 0 saturated carbocycles. The number of carbonyl (C=O) groups excluding carboxylic acids is 4. The molecule has 0 atom stereocenters. The second-order valence-corrected chi connectivity index (χ2v) is 23.0. The summed E-state index contributed by atoms with van der Waals surface area (Å²) >= 11 is 0. The topological polar surface area (TPSA) is 138 Å². The van der Waals surface area contributed by atoms with Gasteiger partial charge >= 0.3 is 24.1 Å². The van der Waals surface area contributed by atoms with Gasteiger partial charge in [-0.1, -0.05) is 196 Å². The molecule has 1 N–H and O–H groups in total. The Hall–Kier alpha value is -2.64. The third-order valence-corrected chi connectivity index (χ3v) is 15.5. The van der Waals surface area contributed by atoms with Crippen molar-refractivity contribution in [2.45, 2.75) is 286 Å². The van der Waals surface area contributed by atoms with E-state index in [1.807, 2.05) is 9.80 Å². The van der Waals surface area contributed by atoms with Crippen LogP contribution >= 0.6 is 0 Å². The summed E-state index contributed by atoms with van der Waals surface area (Å²) in [6.45, 7) is 21.0. The van der Waals surface area contributed by atoms with Gasteiger partial charge in [-0.3, -0.25) is 14.5 Å². The summed E-state index contributed by atoms with van der Waals surface area (Å²) < 4.78 is 23.6. The molecule has 0 fully saturated rings.